The van der Waals surface area contributed by atoms with Crippen LogP contribution in [0.1, 0.15) is 0 Å². The van der Waals surface area contributed by atoms with Crippen molar-refractivity contribution < 1.29 is 8.78 Å². The second-order valence-electron chi connectivity index (χ2n) is 4.49. The number of nitrogens with zero attached hydrogens (tertiary/aromatic N) is 2. The molecule has 0 atom stereocenters. The number of aromatic nitrogens is 2. The normalized spacial score (nSPS) is 11.1. The third-order valence-electron chi connectivity index (χ3n) is 3.15. The lowest BCUT2D eigenvalue weighted by atomic mass is 10.2. The zero-order valence-corrected chi connectivity index (χ0v) is 12.9. The minimum atomic E-state index is -0.748. The summed E-state index contributed by atoms with van der Waals surface area (Å²) in [5.74, 6) is -1.43. The molecule has 112 valence electrons. The molecule has 2 aromatic heterocycles. The molecule has 0 radical (unpaired) electrons. The summed E-state index contributed by atoms with van der Waals surface area (Å²) < 4.78 is 28.8. The molecule has 0 aliphatic rings. The fourth-order valence-electron chi connectivity index (χ4n) is 2.19. The molecule has 3 aromatic rings. The number of hydrogen-bond acceptors (Lipinski definition) is 3. The van der Waals surface area contributed by atoms with Crippen molar-refractivity contribution in [2.45, 2.75) is 5.03 Å². The molecule has 7 heteroatoms. The van der Waals surface area contributed by atoms with Crippen LogP contribution in [0.15, 0.2) is 46.2 Å². The number of hydrogen-bond donors (Lipinski definition) is 0. The summed E-state index contributed by atoms with van der Waals surface area (Å²) in [5.41, 5.74) is 0.0997. The van der Waals surface area contributed by atoms with Crippen molar-refractivity contribution in [3.63, 3.8) is 0 Å². The number of rotatable bonds is 2. The quantitative estimate of drug-likeness (QED) is 0.522. The smallest absolute Gasteiger partial charge is 0.192 e. The predicted molar refractivity (Wildman–Crippen MR) is 84.0 cm³/mol. The van der Waals surface area contributed by atoms with E-state index < -0.39 is 11.6 Å². The van der Waals surface area contributed by atoms with E-state index in [1.807, 2.05) is 0 Å². The maximum atomic E-state index is 14.2. The van der Waals surface area contributed by atoms with E-state index in [4.69, 9.17) is 11.6 Å². The van der Waals surface area contributed by atoms with Crippen molar-refractivity contribution in [2.24, 2.45) is 0 Å². The van der Waals surface area contributed by atoms with Crippen molar-refractivity contribution in [1.82, 2.24) is 9.55 Å². The van der Waals surface area contributed by atoms with E-state index in [0.717, 1.165) is 12.1 Å². The van der Waals surface area contributed by atoms with Crippen LogP contribution in [-0.4, -0.2) is 15.8 Å². The molecule has 0 spiro atoms. The highest BCUT2D eigenvalue weighted by molar-refractivity contribution is 7.98. The van der Waals surface area contributed by atoms with Crippen molar-refractivity contribution in [3.8, 4) is 5.69 Å². The Morgan fingerprint density at radius 2 is 1.95 bits per heavy atom. The molecule has 2 heterocycles. The van der Waals surface area contributed by atoms with Crippen molar-refractivity contribution in [2.75, 3.05) is 6.26 Å². The minimum absolute atomic E-state index is 0.102. The van der Waals surface area contributed by atoms with Crippen LogP contribution in [0.25, 0.3) is 16.7 Å². The first kappa shape index (κ1) is 15.0. The SMILES string of the molecule is CSc1cc(=O)c2ccc(Cl)nc2n1-c1ccc(F)cc1F. The van der Waals surface area contributed by atoms with Gasteiger partial charge in [0, 0.05) is 12.1 Å². The Morgan fingerprint density at radius 3 is 2.64 bits per heavy atom. The van der Waals surface area contributed by atoms with Gasteiger partial charge in [0.1, 0.15) is 16.8 Å². The molecule has 0 amide bonds. The maximum absolute atomic E-state index is 14.2. The van der Waals surface area contributed by atoms with Crippen molar-refractivity contribution in [1.29, 1.82) is 0 Å². The largest absolute Gasteiger partial charge is 0.289 e. The average Bonchev–Trinajstić information content (AvgIpc) is 2.48. The van der Waals surface area contributed by atoms with E-state index in [1.54, 1.807) is 6.26 Å². The number of pyridine rings is 2. The molecule has 0 saturated heterocycles. The van der Waals surface area contributed by atoms with Gasteiger partial charge in [-0.15, -0.1) is 11.8 Å². The van der Waals surface area contributed by atoms with E-state index in [2.05, 4.69) is 4.98 Å². The first-order chi connectivity index (χ1) is 10.5. The van der Waals surface area contributed by atoms with E-state index in [-0.39, 0.29) is 21.9 Å². The van der Waals surface area contributed by atoms with Gasteiger partial charge in [0.25, 0.3) is 0 Å². The van der Waals surface area contributed by atoms with E-state index >= 15 is 0 Å². The van der Waals surface area contributed by atoms with Crippen LogP contribution in [0.3, 0.4) is 0 Å². The molecule has 22 heavy (non-hydrogen) atoms. The molecule has 1 aromatic carbocycles. The Hall–Kier alpha value is -1.92. The van der Waals surface area contributed by atoms with Crippen molar-refractivity contribution in [3.05, 3.63) is 63.4 Å². The molecular weight excluding hydrogens is 330 g/mol. The van der Waals surface area contributed by atoms with Crippen LogP contribution in [0.2, 0.25) is 5.15 Å². The molecule has 3 nitrogen and oxygen atoms in total. The standard InChI is InChI=1S/C15H9ClF2N2OS/c1-22-14-7-12(21)9-3-5-13(16)19-15(9)20(14)11-4-2-8(17)6-10(11)18/h2-7H,1H3. The first-order valence-corrected chi connectivity index (χ1v) is 7.83. The predicted octanol–water partition coefficient (Wildman–Crippen LogP) is 4.04. The lowest BCUT2D eigenvalue weighted by Crippen LogP contribution is -2.12. The molecule has 0 aliphatic heterocycles. The van der Waals surface area contributed by atoms with Crippen LogP contribution < -0.4 is 5.43 Å². The average molecular weight is 339 g/mol. The molecule has 0 bridgehead atoms. The Balaban J connectivity index is 2.48. The van der Waals surface area contributed by atoms with Crippen molar-refractivity contribution >= 4 is 34.4 Å². The third-order valence-corrected chi connectivity index (χ3v) is 4.08. The van der Waals surface area contributed by atoms with Crippen LogP contribution in [0.4, 0.5) is 8.78 Å². The van der Waals surface area contributed by atoms with Gasteiger partial charge in [0.15, 0.2) is 11.1 Å². The van der Waals surface area contributed by atoms with Gasteiger partial charge in [0.05, 0.1) is 16.1 Å². The molecule has 3 rings (SSSR count). The summed E-state index contributed by atoms with van der Waals surface area (Å²) in [4.78, 5) is 16.3. The second kappa shape index (κ2) is 5.70. The second-order valence-corrected chi connectivity index (χ2v) is 5.70. The third kappa shape index (κ3) is 2.48. The number of halogens is 3. The van der Waals surface area contributed by atoms with Crippen LogP contribution in [0, 0.1) is 11.6 Å². The maximum Gasteiger partial charge on any atom is 0.192 e. The van der Waals surface area contributed by atoms with Gasteiger partial charge in [-0.2, -0.15) is 0 Å². The Kier molecular flexibility index (Phi) is 3.88. The number of thioether (sulfide) groups is 1. The molecule has 0 unspecified atom stereocenters. The molecule has 0 N–H and O–H groups in total. The van der Waals surface area contributed by atoms with Gasteiger partial charge in [-0.05, 0) is 30.5 Å². The topological polar surface area (TPSA) is 34.9 Å². The van der Waals surface area contributed by atoms with Gasteiger partial charge >= 0.3 is 0 Å². The summed E-state index contributed by atoms with van der Waals surface area (Å²) >= 11 is 7.16. The van der Waals surface area contributed by atoms with Gasteiger partial charge in [-0.1, -0.05) is 11.6 Å². The summed E-state index contributed by atoms with van der Waals surface area (Å²) in [6, 6.07) is 7.66. The molecule has 0 fully saturated rings. The fourth-order valence-corrected chi connectivity index (χ4v) is 2.93. The van der Waals surface area contributed by atoms with Gasteiger partial charge < -0.3 is 0 Å². The molecule has 0 saturated carbocycles. The van der Waals surface area contributed by atoms with Crippen LogP contribution in [-0.2, 0) is 0 Å². The highest BCUT2D eigenvalue weighted by Crippen LogP contribution is 2.26. The summed E-state index contributed by atoms with van der Waals surface area (Å²) in [6.45, 7) is 0. The first-order valence-electron chi connectivity index (χ1n) is 6.23. The summed E-state index contributed by atoms with van der Waals surface area (Å²) in [7, 11) is 0. The number of fused-ring (bicyclic) bond motifs is 1. The zero-order chi connectivity index (χ0) is 15.9. The lowest BCUT2D eigenvalue weighted by Gasteiger charge is -2.15. The zero-order valence-electron chi connectivity index (χ0n) is 11.3. The van der Waals surface area contributed by atoms with Gasteiger partial charge in [-0.25, -0.2) is 13.8 Å². The minimum Gasteiger partial charge on any atom is -0.289 e. The Labute approximate surface area is 133 Å². The van der Waals surface area contributed by atoms with E-state index in [9.17, 15) is 13.6 Å². The monoisotopic (exact) mass is 338 g/mol. The Morgan fingerprint density at radius 1 is 1.18 bits per heavy atom. The lowest BCUT2D eigenvalue weighted by molar-refractivity contribution is 0.576. The van der Waals surface area contributed by atoms with E-state index in [0.29, 0.717) is 10.4 Å². The van der Waals surface area contributed by atoms with E-state index in [1.165, 1.54) is 40.6 Å². The van der Waals surface area contributed by atoms with Crippen LogP contribution >= 0.6 is 23.4 Å². The number of benzene rings is 1. The fraction of sp³-hybridized carbons (Fsp3) is 0.0667. The highest BCUT2D eigenvalue weighted by atomic mass is 35.5. The molecule has 0 aliphatic carbocycles. The molecular formula is C15H9ClF2N2OS. The summed E-state index contributed by atoms with van der Waals surface area (Å²) in [6.07, 6.45) is 1.75. The van der Waals surface area contributed by atoms with Crippen LogP contribution in [0.5, 0.6) is 0 Å². The van der Waals surface area contributed by atoms with Gasteiger partial charge in [0.2, 0.25) is 0 Å². The van der Waals surface area contributed by atoms with Gasteiger partial charge in [-0.3, -0.25) is 9.36 Å². The Bertz CT molecular complexity index is 943. The highest BCUT2D eigenvalue weighted by Gasteiger charge is 2.15. The summed E-state index contributed by atoms with van der Waals surface area (Å²) in [5, 5.41) is 0.977.